The number of aromatic nitrogens is 3. The van der Waals surface area contributed by atoms with E-state index in [1.165, 1.54) is 30.6 Å². The Kier molecular flexibility index (Phi) is 5.54. The van der Waals surface area contributed by atoms with Crippen LogP contribution in [0.4, 0.5) is 18.9 Å². The highest BCUT2D eigenvalue weighted by Crippen LogP contribution is 2.24. The van der Waals surface area contributed by atoms with Crippen LogP contribution in [-0.2, 0) is 10.0 Å². The molecule has 1 aromatic carbocycles. The van der Waals surface area contributed by atoms with E-state index in [-0.39, 0.29) is 11.6 Å². The predicted molar refractivity (Wildman–Crippen MR) is 96.0 cm³/mol. The highest BCUT2D eigenvalue weighted by atomic mass is 32.2. The SMILES string of the molecule is O=S(=O)(CCC(F)(F)F)Nc1ccc(Oc2cc(-n3cccc3)ncn2)cc1. The highest BCUT2D eigenvalue weighted by Gasteiger charge is 2.29. The summed E-state index contributed by atoms with van der Waals surface area (Å²) in [6.07, 6.45) is -0.990. The van der Waals surface area contributed by atoms with Crippen molar-refractivity contribution in [1.29, 1.82) is 0 Å². The van der Waals surface area contributed by atoms with E-state index in [1.54, 1.807) is 10.6 Å². The van der Waals surface area contributed by atoms with Crippen molar-refractivity contribution >= 4 is 15.7 Å². The molecule has 0 saturated carbocycles. The van der Waals surface area contributed by atoms with Gasteiger partial charge >= 0.3 is 6.18 Å². The van der Waals surface area contributed by atoms with Gasteiger partial charge in [-0.25, -0.2) is 18.4 Å². The number of sulfonamides is 1. The maximum Gasteiger partial charge on any atom is 0.390 e. The number of benzene rings is 1. The van der Waals surface area contributed by atoms with Gasteiger partial charge in [-0.15, -0.1) is 0 Å². The van der Waals surface area contributed by atoms with E-state index in [0.717, 1.165) is 0 Å². The third-order valence-corrected chi connectivity index (χ3v) is 4.79. The first kappa shape index (κ1) is 19.7. The number of nitrogens with one attached hydrogen (secondary N) is 1. The Morgan fingerprint density at radius 1 is 1.07 bits per heavy atom. The quantitative estimate of drug-likeness (QED) is 0.639. The van der Waals surface area contributed by atoms with Crippen LogP contribution in [0.1, 0.15) is 6.42 Å². The summed E-state index contributed by atoms with van der Waals surface area (Å²) < 4.78 is 69.4. The van der Waals surface area contributed by atoms with Crippen molar-refractivity contribution in [3.05, 3.63) is 61.2 Å². The molecule has 0 fully saturated rings. The zero-order valence-corrected chi connectivity index (χ0v) is 15.1. The van der Waals surface area contributed by atoms with Crippen molar-refractivity contribution in [1.82, 2.24) is 14.5 Å². The maximum atomic E-state index is 12.2. The Morgan fingerprint density at radius 2 is 1.75 bits per heavy atom. The van der Waals surface area contributed by atoms with Gasteiger partial charge in [0.25, 0.3) is 0 Å². The van der Waals surface area contributed by atoms with Crippen LogP contribution in [0.25, 0.3) is 5.82 Å². The molecule has 28 heavy (non-hydrogen) atoms. The fourth-order valence-corrected chi connectivity index (χ4v) is 3.30. The summed E-state index contributed by atoms with van der Waals surface area (Å²) in [5.74, 6) is 0.203. The van der Waals surface area contributed by atoms with E-state index in [2.05, 4.69) is 14.7 Å². The Morgan fingerprint density at radius 3 is 2.39 bits per heavy atom. The second-order valence-electron chi connectivity index (χ2n) is 5.72. The Hall–Kier alpha value is -3.08. The lowest BCUT2D eigenvalue weighted by atomic mass is 10.3. The first-order valence-electron chi connectivity index (χ1n) is 8.01. The van der Waals surface area contributed by atoms with Crippen LogP contribution in [0.5, 0.6) is 11.6 Å². The molecule has 0 atom stereocenters. The second kappa shape index (κ2) is 7.89. The molecule has 2 heterocycles. The maximum absolute atomic E-state index is 12.2. The van der Waals surface area contributed by atoms with Gasteiger partial charge in [-0.2, -0.15) is 13.2 Å². The van der Waals surface area contributed by atoms with Gasteiger partial charge in [0.2, 0.25) is 15.9 Å². The first-order chi connectivity index (χ1) is 13.2. The highest BCUT2D eigenvalue weighted by molar-refractivity contribution is 7.92. The minimum atomic E-state index is -4.54. The molecule has 3 rings (SSSR count). The Balaban J connectivity index is 1.64. The predicted octanol–water partition coefficient (Wildman–Crippen LogP) is 3.75. The molecular weight excluding hydrogens is 397 g/mol. The molecule has 3 aromatic rings. The fourth-order valence-electron chi connectivity index (χ4n) is 2.21. The Bertz CT molecular complexity index is 1020. The molecule has 1 N–H and O–H groups in total. The number of hydrogen-bond acceptors (Lipinski definition) is 5. The van der Waals surface area contributed by atoms with Gasteiger partial charge in [-0.05, 0) is 36.4 Å². The van der Waals surface area contributed by atoms with E-state index in [4.69, 9.17) is 4.74 Å². The summed E-state index contributed by atoms with van der Waals surface area (Å²) in [5, 5.41) is 0. The summed E-state index contributed by atoms with van der Waals surface area (Å²) in [7, 11) is -4.10. The molecule has 2 aromatic heterocycles. The van der Waals surface area contributed by atoms with Gasteiger partial charge in [-0.1, -0.05) is 0 Å². The van der Waals surface area contributed by atoms with E-state index in [1.807, 2.05) is 24.5 Å². The monoisotopic (exact) mass is 412 g/mol. The molecule has 0 aliphatic heterocycles. The minimum Gasteiger partial charge on any atom is -0.439 e. The molecule has 0 aliphatic rings. The molecule has 0 spiro atoms. The molecule has 7 nitrogen and oxygen atoms in total. The summed E-state index contributed by atoms with van der Waals surface area (Å²) in [6, 6.07) is 11.0. The smallest absolute Gasteiger partial charge is 0.390 e. The number of anilines is 1. The van der Waals surface area contributed by atoms with E-state index in [9.17, 15) is 21.6 Å². The van der Waals surface area contributed by atoms with Crippen molar-refractivity contribution in [3.63, 3.8) is 0 Å². The average molecular weight is 412 g/mol. The third kappa shape index (κ3) is 5.71. The number of hydrogen-bond donors (Lipinski definition) is 1. The largest absolute Gasteiger partial charge is 0.439 e. The van der Waals surface area contributed by atoms with Crippen LogP contribution in [-0.4, -0.2) is 34.9 Å². The van der Waals surface area contributed by atoms with E-state index >= 15 is 0 Å². The van der Waals surface area contributed by atoms with Crippen molar-refractivity contribution in [2.75, 3.05) is 10.5 Å². The molecule has 0 aliphatic carbocycles. The topological polar surface area (TPSA) is 86.1 Å². The number of nitrogens with zero attached hydrogens (tertiary/aromatic N) is 3. The van der Waals surface area contributed by atoms with Crippen LogP contribution in [0.2, 0.25) is 0 Å². The minimum absolute atomic E-state index is 0.130. The van der Waals surface area contributed by atoms with Gasteiger partial charge in [-0.3, -0.25) is 4.72 Å². The number of ether oxygens (including phenoxy) is 1. The average Bonchev–Trinajstić information content (AvgIpc) is 3.16. The molecule has 0 unspecified atom stereocenters. The molecule has 0 amide bonds. The van der Waals surface area contributed by atoms with Crippen molar-refractivity contribution in [3.8, 4) is 17.4 Å². The molecule has 11 heteroatoms. The standard InChI is InChI=1S/C17H15F3N4O3S/c18-17(19,20)7-10-28(25,26)23-13-3-5-14(6-4-13)27-16-11-15(21-12-22-16)24-8-1-2-9-24/h1-6,8-9,11-12,23H,7,10H2. The van der Waals surface area contributed by atoms with Gasteiger partial charge in [0.1, 0.15) is 17.9 Å². The van der Waals surface area contributed by atoms with Crippen LogP contribution in [0, 0.1) is 0 Å². The lowest BCUT2D eigenvalue weighted by Crippen LogP contribution is -2.21. The van der Waals surface area contributed by atoms with E-state index < -0.39 is 28.4 Å². The van der Waals surface area contributed by atoms with Crippen molar-refractivity contribution in [2.24, 2.45) is 0 Å². The fraction of sp³-hybridized carbons (Fsp3) is 0.176. The lowest BCUT2D eigenvalue weighted by Gasteiger charge is -2.11. The molecule has 0 bridgehead atoms. The molecule has 148 valence electrons. The number of halogens is 3. The lowest BCUT2D eigenvalue weighted by molar-refractivity contribution is -0.129. The summed E-state index contributed by atoms with van der Waals surface area (Å²) in [5.41, 5.74) is 0.130. The summed E-state index contributed by atoms with van der Waals surface area (Å²) in [6.45, 7) is 0. The molecule has 0 saturated heterocycles. The van der Waals surface area contributed by atoms with E-state index in [0.29, 0.717) is 11.6 Å². The summed E-state index contributed by atoms with van der Waals surface area (Å²) >= 11 is 0. The zero-order chi connectivity index (χ0) is 20.2. The Labute approximate surface area is 158 Å². The normalized spacial score (nSPS) is 12.0. The third-order valence-electron chi connectivity index (χ3n) is 3.50. The first-order valence-corrected chi connectivity index (χ1v) is 9.66. The van der Waals surface area contributed by atoms with Gasteiger partial charge in [0.05, 0.1) is 12.2 Å². The molecular formula is C17H15F3N4O3S. The van der Waals surface area contributed by atoms with Gasteiger partial charge in [0, 0.05) is 24.1 Å². The summed E-state index contributed by atoms with van der Waals surface area (Å²) in [4.78, 5) is 8.14. The van der Waals surface area contributed by atoms with Crippen LogP contribution >= 0.6 is 0 Å². The second-order valence-corrected chi connectivity index (χ2v) is 7.56. The van der Waals surface area contributed by atoms with Crippen LogP contribution < -0.4 is 9.46 Å². The van der Waals surface area contributed by atoms with Gasteiger partial charge < -0.3 is 9.30 Å². The van der Waals surface area contributed by atoms with Crippen molar-refractivity contribution in [2.45, 2.75) is 12.6 Å². The number of rotatable bonds is 7. The molecule has 0 radical (unpaired) electrons. The van der Waals surface area contributed by atoms with Gasteiger partial charge in [0.15, 0.2) is 0 Å². The van der Waals surface area contributed by atoms with Crippen LogP contribution in [0.3, 0.4) is 0 Å². The number of alkyl halides is 3. The van der Waals surface area contributed by atoms with Crippen molar-refractivity contribution < 1.29 is 26.3 Å². The van der Waals surface area contributed by atoms with Crippen LogP contribution in [0.15, 0.2) is 61.2 Å². The zero-order valence-electron chi connectivity index (χ0n) is 14.3.